The van der Waals surface area contributed by atoms with E-state index in [1.54, 1.807) is 0 Å². The van der Waals surface area contributed by atoms with Crippen LogP contribution in [0.2, 0.25) is 0 Å². The molecule has 0 aliphatic carbocycles. The lowest BCUT2D eigenvalue weighted by atomic mass is 9.84. The molecule has 1 atom stereocenters. The summed E-state index contributed by atoms with van der Waals surface area (Å²) in [4.78, 5) is -0.136. The van der Waals surface area contributed by atoms with E-state index >= 15 is 0 Å². The molecular weight excluding hydrogens is 369 g/mol. The molecule has 0 bridgehead atoms. The first-order valence-corrected chi connectivity index (χ1v) is 10.5. The van der Waals surface area contributed by atoms with E-state index in [1.165, 1.54) is 19.2 Å². The molecule has 0 spiro atoms. The summed E-state index contributed by atoms with van der Waals surface area (Å²) in [6, 6.07) is 10.6. The van der Waals surface area contributed by atoms with Crippen LogP contribution < -0.4 is 14.2 Å². The van der Waals surface area contributed by atoms with Crippen LogP contribution in [-0.4, -0.2) is 21.1 Å². The van der Waals surface area contributed by atoms with Crippen molar-refractivity contribution in [3.05, 3.63) is 53.8 Å². The topological polar surface area (TPSA) is 64.6 Å². The standard InChI is InChI=1S/C20H24FNO4S/c1-4-20(5-2)13-17(15-8-6-7-9-18(15)26-20)22-27(23,24)14-10-11-19(25-3)16(21)12-14/h6-12,17,22H,4-5,13H2,1-3H3/t17-/m1/s1. The summed E-state index contributed by atoms with van der Waals surface area (Å²) in [5.41, 5.74) is 0.347. The molecule has 7 heteroatoms. The summed E-state index contributed by atoms with van der Waals surface area (Å²) >= 11 is 0. The Morgan fingerprint density at radius 1 is 1.22 bits per heavy atom. The minimum atomic E-state index is -3.92. The monoisotopic (exact) mass is 393 g/mol. The minimum absolute atomic E-state index is 0.00125. The predicted molar refractivity (Wildman–Crippen MR) is 101 cm³/mol. The highest BCUT2D eigenvalue weighted by molar-refractivity contribution is 7.89. The van der Waals surface area contributed by atoms with E-state index < -0.39 is 27.5 Å². The summed E-state index contributed by atoms with van der Waals surface area (Å²) in [5, 5.41) is 0. The fourth-order valence-electron chi connectivity index (χ4n) is 3.48. The SMILES string of the molecule is CCC1(CC)C[C@@H](NS(=O)(=O)c2ccc(OC)c(F)c2)c2ccccc2O1. The maximum atomic E-state index is 14.0. The van der Waals surface area contributed by atoms with Gasteiger partial charge in [0.05, 0.1) is 18.0 Å². The van der Waals surface area contributed by atoms with Crippen molar-refractivity contribution < 1.29 is 22.3 Å². The van der Waals surface area contributed by atoms with E-state index in [0.717, 1.165) is 24.5 Å². The molecule has 0 unspecified atom stereocenters. The fourth-order valence-corrected chi connectivity index (χ4v) is 4.70. The first-order chi connectivity index (χ1) is 12.8. The van der Waals surface area contributed by atoms with Crippen LogP contribution in [0, 0.1) is 5.82 Å². The Balaban J connectivity index is 1.96. The number of nitrogens with one attached hydrogen (secondary N) is 1. The third kappa shape index (κ3) is 3.80. The first kappa shape index (κ1) is 19.6. The molecular formula is C20H24FNO4S. The summed E-state index contributed by atoms with van der Waals surface area (Å²) < 4.78 is 53.6. The number of methoxy groups -OCH3 is 1. The van der Waals surface area contributed by atoms with Gasteiger partial charge in [0.25, 0.3) is 0 Å². The molecule has 0 fully saturated rings. The van der Waals surface area contributed by atoms with Crippen LogP contribution in [0.25, 0.3) is 0 Å². The molecule has 27 heavy (non-hydrogen) atoms. The molecule has 2 aromatic rings. The van der Waals surface area contributed by atoms with E-state index in [1.807, 2.05) is 38.1 Å². The normalized spacial score (nSPS) is 18.4. The summed E-state index contributed by atoms with van der Waals surface area (Å²) in [5.74, 6) is -0.0355. The molecule has 1 heterocycles. The summed E-state index contributed by atoms with van der Waals surface area (Å²) in [7, 11) is -2.59. The molecule has 0 amide bonds. The van der Waals surface area contributed by atoms with Crippen molar-refractivity contribution in [3.63, 3.8) is 0 Å². The lowest BCUT2D eigenvalue weighted by molar-refractivity contribution is 0.0260. The molecule has 5 nitrogen and oxygen atoms in total. The number of hydrogen-bond donors (Lipinski definition) is 1. The Labute approximate surface area is 159 Å². The number of benzene rings is 2. The van der Waals surface area contributed by atoms with Crippen molar-refractivity contribution in [2.75, 3.05) is 7.11 Å². The Morgan fingerprint density at radius 3 is 2.56 bits per heavy atom. The second kappa shape index (κ2) is 7.48. The van der Waals surface area contributed by atoms with E-state index in [0.29, 0.717) is 12.2 Å². The van der Waals surface area contributed by atoms with E-state index in [2.05, 4.69) is 4.72 Å². The molecule has 0 radical (unpaired) electrons. The van der Waals surface area contributed by atoms with Gasteiger partial charge in [-0.25, -0.2) is 17.5 Å². The van der Waals surface area contributed by atoms with Gasteiger partial charge in [-0.3, -0.25) is 0 Å². The summed E-state index contributed by atoms with van der Waals surface area (Å²) in [6.07, 6.45) is 2.02. The van der Waals surface area contributed by atoms with Crippen LogP contribution >= 0.6 is 0 Å². The number of ether oxygens (including phenoxy) is 2. The first-order valence-electron chi connectivity index (χ1n) is 8.98. The van der Waals surface area contributed by atoms with Gasteiger partial charge in [-0.1, -0.05) is 32.0 Å². The Kier molecular flexibility index (Phi) is 5.44. The maximum Gasteiger partial charge on any atom is 0.241 e. The fraction of sp³-hybridized carbons (Fsp3) is 0.400. The van der Waals surface area contributed by atoms with Crippen molar-refractivity contribution in [1.29, 1.82) is 0 Å². The Morgan fingerprint density at radius 2 is 1.93 bits per heavy atom. The molecule has 146 valence electrons. The van der Waals surface area contributed by atoms with Gasteiger partial charge in [-0.2, -0.15) is 0 Å². The van der Waals surface area contributed by atoms with Gasteiger partial charge in [0.1, 0.15) is 11.4 Å². The predicted octanol–water partition coefficient (Wildman–Crippen LogP) is 4.20. The van der Waals surface area contributed by atoms with Crippen LogP contribution in [-0.2, 0) is 10.0 Å². The van der Waals surface area contributed by atoms with Crippen LogP contribution in [0.5, 0.6) is 11.5 Å². The lowest BCUT2D eigenvalue weighted by Gasteiger charge is -2.41. The number of halogens is 1. The maximum absolute atomic E-state index is 14.0. The van der Waals surface area contributed by atoms with Gasteiger partial charge >= 0.3 is 0 Å². The van der Waals surface area contributed by atoms with Crippen LogP contribution in [0.4, 0.5) is 4.39 Å². The molecule has 1 aliphatic heterocycles. The number of rotatable bonds is 6. The average molecular weight is 393 g/mol. The Hall–Kier alpha value is -2.12. The van der Waals surface area contributed by atoms with Gasteiger partial charge in [0.2, 0.25) is 10.0 Å². The zero-order chi connectivity index (χ0) is 19.7. The molecule has 1 aliphatic rings. The highest BCUT2D eigenvalue weighted by atomic mass is 32.2. The average Bonchev–Trinajstić information content (AvgIpc) is 2.67. The van der Waals surface area contributed by atoms with Gasteiger partial charge in [0.15, 0.2) is 11.6 Å². The number of hydrogen-bond acceptors (Lipinski definition) is 4. The molecule has 0 aromatic heterocycles. The zero-order valence-corrected chi connectivity index (χ0v) is 16.5. The Bertz CT molecular complexity index is 925. The quantitative estimate of drug-likeness (QED) is 0.799. The summed E-state index contributed by atoms with van der Waals surface area (Å²) in [6.45, 7) is 4.06. The number of sulfonamides is 1. The van der Waals surface area contributed by atoms with E-state index in [9.17, 15) is 12.8 Å². The third-order valence-corrected chi connectivity index (χ3v) is 6.69. The second-order valence-electron chi connectivity index (χ2n) is 6.70. The van der Waals surface area contributed by atoms with Gasteiger partial charge in [0, 0.05) is 12.0 Å². The van der Waals surface area contributed by atoms with E-state index in [4.69, 9.17) is 9.47 Å². The van der Waals surface area contributed by atoms with Crippen molar-refractivity contribution >= 4 is 10.0 Å². The van der Waals surface area contributed by atoms with Gasteiger partial charge in [-0.05, 0) is 37.1 Å². The largest absolute Gasteiger partial charge is 0.494 e. The van der Waals surface area contributed by atoms with Gasteiger partial charge < -0.3 is 9.47 Å². The molecule has 0 saturated carbocycles. The molecule has 3 rings (SSSR count). The minimum Gasteiger partial charge on any atom is -0.494 e. The second-order valence-corrected chi connectivity index (χ2v) is 8.42. The van der Waals surface area contributed by atoms with E-state index in [-0.39, 0.29) is 10.6 Å². The van der Waals surface area contributed by atoms with Crippen LogP contribution in [0.15, 0.2) is 47.4 Å². The number of fused-ring (bicyclic) bond motifs is 1. The molecule has 0 saturated heterocycles. The highest BCUT2D eigenvalue weighted by Crippen LogP contribution is 2.43. The van der Waals surface area contributed by atoms with Crippen molar-refractivity contribution in [3.8, 4) is 11.5 Å². The van der Waals surface area contributed by atoms with Gasteiger partial charge in [-0.15, -0.1) is 0 Å². The number of para-hydroxylation sites is 1. The van der Waals surface area contributed by atoms with Crippen LogP contribution in [0.3, 0.4) is 0 Å². The highest BCUT2D eigenvalue weighted by Gasteiger charge is 2.40. The zero-order valence-electron chi connectivity index (χ0n) is 15.7. The lowest BCUT2D eigenvalue weighted by Crippen LogP contribution is -2.44. The third-order valence-electron chi connectivity index (χ3n) is 5.22. The van der Waals surface area contributed by atoms with Crippen LogP contribution in [0.1, 0.15) is 44.7 Å². The molecule has 2 aromatic carbocycles. The van der Waals surface area contributed by atoms with Crippen molar-refractivity contribution in [2.45, 2.75) is 49.6 Å². The van der Waals surface area contributed by atoms with Crippen molar-refractivity contribution in [2.24, 2.45) is 0 Å². The smallest absolute Gasteiger partial charge is 0.241 e. The van der Waals surface area contributed by atoms with Crippen molar-refractivity contribution in [1.82, 2.24) is 4.72 Å². The molecule has 1 N–H and O–H groups in total.